The molecule has 0 aliphatic rings. The van der Waals surface area contributed by atoms with Crippen molar-refractivity contribution >= 4 is 31.7 Å². The molecule has 4 heteroatoms. The van der Waals surface area contributed by atoms with Crippen LogP contribution < -0.4 is 4.89 Å². The fraction of sp³-hybridized carbons (Fsp3) is 0. The molecule has 0 saturated heterocycles. The maximum Gasteiger partial charge on any atom is 2.00 e. The first-order valence-electron chi connectivity index (χ1n) is 0.365. The average molecular weight is 87.3 g/mol. The van der Waals surface area contributed by atoms with Gasteiger partial charge < -0.3 is 4.89 Å². The normalized spacial score (nSPS) is 5.25. The van der Waals surface area contributed by atoms with Crippen LogP contribution in [0, 0.1) is 0 Å². The maximum atomic E-state index is 8.35. The summed E-state index contributed by atoms with van der Waals surface area (Å²) in [7, 11) is -1.08. The third-order valence-corrected chi connectivity index (χ3v) is 0. The Kier molecular flexibility index (Phi) is 20.3. The van der Waals surface area contributed by atoms with Gasteiger partial charge in [0.1, 0.15) is 0 Å². The minimum atomic E-state index is -1.08. The van der Waals surface area contributed by atoms with E-state index in [1.807, 2.05) is 0 Å². The molecule has 0 fully saturated rings. The third-order valence-electron chi connectivity index (χ3n) is 0. The molecule has 0 N–H and O–H groups in total. The Bertz CT molecular complexity index is 13.5. The molecule has 0 bridgehead atoms. The zero-order valence-electron chi connectivity index (χ0n) is 1.97. The Morgan fingerprint density at radius 1 is 1.75 bits per heavy atom. The molecule has 0 amide bonds. The summed E-state index contributed by atoms with van der Waals surface area (Å²) in [6.07, 6.45) is 0. The van der Waals surface area contributed by atoms with Gasteiger partial charge >= 0.3 is 23.1 Å². The molecule has 4 heavy (non-hydrogen) atoms. The molecule has 0 unspecified atom stereocenters. The predicted octanol–water partition coefficient (Wildman–Crippen LogP) is -0.827. The van der Waals surface area contributed by atoms with Crippen LogP contribution >= 0.6 is 8.69 Å². The Morgan fingerprint density at radius 2 is 1.75 bits per heavy atom. The van der Waals surface area contributed by atoms with Gasteiger partial charge in [0.15, 0.2) is 0 Å². The van der Waals surface area contributed by atoms with Gasteiger partial charge in [0, 0.05) is 0 Å². The largest absolute Gasteiger partial charge is 2.00 e. The van der Waals surface area contributed by atoms with E-state index in [1.165, 1.54) is 0 Å². The quantitative estimate of drug-likeness (QED) is 0.286. The molecule has 0 aromatic carbocycles. The summed E-state index contributed by atoms with van der Waals surface area (Å²) in [5, 5.41) is 0. The van der Waals surface area contributed by atoms with E-state index in [1.54, 1.807) is 0 Å². The Balaban J connectivity index is 0. The van der Waals surface area contributed by atoms with E-state index in [4.69, 9.17) is 9.46 Å². The van der Waals surface area contributed by atoms with Crippen LogP contribution in [0.4, 0.5) is 0 Å². The van der Waals surface area contributed by atoms with Crippen LogP contribution in [0.25, 0.3) is 0 Å². The van der Waals surface area contributed by atoms with E-state index in [9.17, 15) is 0 Å². The van der Waals surface area contributed by atoms with E-state index in [0.717, 1.165) is 0 Å². The average Bonchev–Trinajstić information content (AvgIpc) is 0.918. The smallest absolute Gasteiger partial charge is 0.772 e. The van der Waals surface area contributed by atoms with Crippen LogP contribution in [0.3, 0.4) is 0 Å². The molecule has 0 aromatic heterocycles. The van der Waals surface area contributed by atoms with E-state index in [2.05, 4.69) is 0 Å². The van der Waals surface area contributed by atoms with Gasteiger partial charge in [0.2, 0.25) is 0 Å². The molecule has 0 heterocycles. The number of hydrogen-bond donors (Lipinski definition) is 0. The number of hydrogen-bond acceptors (Lipinski definition) is 2. The molecule has 0 saturated carbocycles. The van der Waals surface area contributed by atoms with Gasteiger partial charge in [-0.05, 0) is 0 Å². The van der Waals surface area contributed by atoms with Gasteiger partial charge in [-0.3, -0.25) is 4.57 Å². The van der Waals surface area contributed by atoms with Gasteiger partial charge in [-0.2, -0.15) is 0 Å². The second-order valence-electron chi connectivity index (χ2n) is 0.0745. The van der Waals surface area contributed by atoms with Crippen LogP contribution in [-0.4, -0.2) is 23.1 Å². The first kappa shape index (κ1) is 8.85. The summed E-state index contributed by atoms with van der Waals surface area (Å²) in [6.45, 7) is 0. The molecule has 0 aliphatic heterocycles. The SMILES string of the molecule is O=P[O-].[Mg+2]. The van der Waals surface area contributed by atoms with Crippen LogP contribution in [0.15, 0.2) is 0 Å². The summed E-state index contributed by atoms with van der Waals surface area (Å²) in [5.41, 5.74) is 0. The third kappa shape index (κ3) is 13.8. The molecule has 0 rings (SSSR count). The van der Waals surface area contributed by atoms with Gasteiger partial charge in [-0.25, -0.2) is 0 Å². The van der Waals surface area contributed by atoms with E-state index in [-0.39, 0.29) is 23.1 Å². The van der Waals surface area contributed by atoms with Crippen LogP contribution in [0.1, 0.15) is 0 Å². The Labute approximate surface area is 41.6 Å². The fourth-order valence-electron chi connectivity index (χ4n) is 0. The molecule has 0 spiro atoms. The van der Waals surface area contributed by atoms with Crippen molar-refractivity contribution in [1.82, 2.24) is 0 Å². The van der Waals surface area contributed by atoms with Gasteiger partial charge in [0.25, 0.3) is 0 Å². The minimum Gasteiger partial charge on any atom is -0.772 e. The van der Waals surface area contributed by atoms with Crippen molar-refractivity contribution in [3.8, 4) is 0 Å². The van der Waals surface area contributed by atoms with Crippen molar-refractivity contribution in [3.05, 3.63) is 0 Å². The van der Waals surface area contributed by atoms with Gasteiger partial charge in [-0.1, -0.05) is 0 Å². The van der Waals surface area contributed by atoms with Crippen molar-refractivity contribution in [2.24, 2.45) is 0 Å². The number of rotatable bonds is 0. The molecule has 0 radical (unpaired) electrons. The maximum absolute atomic E-state index is 8.35. The van der Waals surface area contributed by atoms with E-state index < -0.39 is 8.69 Å². The molecule has 2 nitrogen and oxygen atoms in total. The summed E-state index contributed by atoms with van der Waals surface area (Å²) >= 11 is 0. The second-order valence-corrected chi connectivity index (χ2v) is 0.224. The summed E-state index contributed by atoms with van der Waals surface area (Å²) in [5.74, 6) is 0. The first-order chi connectivity index (χ1) is 1.41. The van der Waals surface area contributed by atoms with Gasteiger partial charge in [-0.15, -0.1) is 0 Å². The van der Waals surface area contributed by atoms with E-state index in [0.29, 0.717) is 0 Å². The molecule has 0 aliphatic carbocycles. The fourth-order valence-corrected chi connectivity index (χ4v) is 0. The zero-order valence-corrected chi connectivity index (χ0v) is 4.28. The Hall–Kier alpha value is 0.826. The van der Waals surface area contributed by atoms with Crippen LogP contribution in [0.5, 0.6) is 0 Å². The van der Waals surface area contributed by atoms with Crippen molar-refractivity contribution in [2.75, 3.05) is 0 Å². The summed E-state index contributed by atoms with van der Waals surface area (Å²) < 4.78 is 8.35. The minimum absolute atomic E-state index is 0. The monoisotopic (exact) mass is 86.9 g/mol. The Morgan fingerprint density at radius 3 is 1.75 bits per heavy atom. The van der Waals surface area contributed by atoms with Gasteiger partial charge in [0.05, 0.1) is 8.69 Å². The predicted molar refractivity (Wildman–Crippen MR) is 13.4 cm³/mol. The molecular formula is MgO2P+. The second kappa shape index (κ2) is 9.16. The molecule has 18 valence electrons. The van der Waals surface area contributed by atoms with Crippen molar-refractivity contribution in [3.63, 3.8) is 0 Å². The molecular weight excluding hydrogens is 87.3 g/mol. The van der Waals surface area contributed by atoms with Crippen molar-refractivity contribution in [2.45, 2.75) is 0 Å². The van der Waals surface area contributed by atoms with Crippen molar-refractivity contribution in [1.29, 1.82) is 0 Å². The first-order valence-corrected chi connectivity index (χ1v) is 1.10. The zero-order chi connectivity index (χ0) is 2.71. The van der Waals surface area contributed by atoms with Crippen LogP contribution in [0.2, 0.25) is 0 Å². The van der Waals surface area contributed by atoms with E-state index >= 15 is 0 Å². The standard InChI is InChI=1S/Mg.HO2P/c;1-3-2/h;(H,1,2)/q+2;/p-1. The topological polar surface area (TPSA) is 40.1 Å². The van der Waals surface area contributed by atoms with Crippen molar-refractivity contribution < 1.29 is 9.46 Å². The molecule has 0 aromatic rings. The summed E-state index contributed by atoms with van der Waals surface area (Å²) in [4.78, 5) is 8.35. The molecule has 0 atom stereocenters. The summed E-state index contributed by atoms with van der Waals surface area (Å²) in [6, 6.07) is 0. The van der Waals surface area contributed by atoms with Crippen LogP contribution in [-0.2, 0) is 4.57 Å².